The molecular formula is C14H18N2OS. The van der Waals surface area contributed by atoms with E-state index in [-0.39, 0.29) is 0 Å². The molecule has 0 amide bonds. The Hall–Kier alpha value is -1.39. The van der Waals surface area contributed by atoms with E-state index in [4.69, 9.17) is 4.74 Å². The summed E-state index contributed by atoms with van der Waals surface area (Å²) in [6.45, 7) is 3.93. The van der Waals surface area contributed by atoms with Crippen molar-refractivity contribution >= 4 is 11.3 Å². The van der Waals surface area contributed by atoms with Crippen LogP contribution in [0, 0.1) is 0 Å². The maximum atomic E-state index is 5.32. The Bertz CT molecular complexity index is 470. The van der Waals surface area contributed by atoms with Gasteiger partial charge in [0.15, 0.2) is 0 Å². The van der Waals surface area contributed by atoms with Crippen molar-refractivity contribution in [3.63, 3.8) is 0 Å². The number of thiazole rings is 1. The minimum Gasteiger partial charge on any atom is -0.496 e. The van der Waals surface area contributed by atoms with Crippen LogP contribution in [0.25, 0.3) is 0 Å². The Labute approximate surface area is 112 Å². The van der Waals surface area contributed by atoms with Crippen LogP contribution in [0.2, 0.25) is 0 Å². The summed E-state index contributed by atoms with van der Waals surface area (Å²) in [5, 5.41) is 6.65. The maximum absolute atomic E-state index is 5.32. The fourth-order valence-electron chi connectivity index (χ4n) is 1.84. The SMILES string of the molecule is COc1ccccc1CNCC(C)c1nccs1. The van der Waals surface area contributed by atoms with Crippen molar-refractivity contribution < 1.29 is 4.74 Å². The summed E-state index contributed by atoms with van der Waals surface area (Å²) in [5.74, 6) is 1.38. The molecule has 18 heavy (non-hydrogen) atoms. The summed E-state index contributed by atoms with van der Waals surface area (Å²) in [5.41, 5.74) is 1.19. The highest BCUT2D eigenvalue weighted by atomic mass is 32.1. The molecule has 3 nitrogen and oxygen atoms in total. The largest absolute Gasteiger partial charge is 0.496 e. The number of rotatable bonds is 6. The molecule has 1 N–H and O–H groups in total. The van der Waals surface area contributed by atoms with Crippen LogP contribution in [0.5, 0.6) is 5.75 Å². The molecule has 0 aliphatic carbocycles. The molecule has 96 valence electrons. The fraction of sp³-hybridized carbons (Fsp3) is 0.357. The van der Waals surface area contributed by atoms with E-state index in [0.29, 0.717) is 5.92 Å². The predicted octanol–water partition coefficient (Wildman–Crippen LogP) is 3.05. The second kappa shape index (κ2) is 6.52. The smallest absolute Gasteiger partial charge is 0.123 e. The van der Waals surface area contributed by atoms with Gasteiger partial charge in [-0.25, -0.2) is 4.98 Å². The number of hydrogen-bond acceptors (Lipinski definition) is 4. The van der Waals surface area contributed by atoms with E-state index in [1.807, 2.05) is 29.8 Å². The first kappa shape index (κ1) is 13.1. The van der Waals surface area contributed by atoms with Crippen molar-refractivity contribution in [3.05, 3.63) is 46.4 Å². The van der Waals surface area contributed by atoms with Gasteiger partial charge in [0.1, 0.15) is 5.75 Å². The first-order chi connectivity index (χ1) is 8.81. The molecule has 0 bridgehead atoms. The molecule has 0 saturated carbocycles. The number of benzene rings is 1. The van der Waals surface area contributed by atoms with E-state index in [9.17, 15) is 0 Å². The van der Waals surface area contributed by atoms with Crippen LogP contribution in [0.4, 0.5) is 0 Å². The van der Waals surface area contributed by atoms with Crippen LogP contribution in [0.3, 0.4) is 0 Å². The van der Waals surface area contributed by atoms with Gasteiger partial charge in [0.2, 0.25) is 0 Å². The monoisotopic (exact) mass is 262 g/mol. The molecule has 1 aromatic carbocycles. The van der Waals surface area contributed by atoms with Gasteiger partial charge < -0.3 is 10.1 Å². The second-order valence-corrected chi connectivity index (χ2v) is 5.14. The number of methoxy groups -OCH3 is 1. The van der Waals surface area contributed by atoms with Gasteiger partial charge in [-0.2, -0.15) is 0 Å². The summed E-state index contributed by atoms with van der Waals surface area (Å²) in [4.78, 5) is 4.33. The number of hydrogen-bond donors (Lipinski definition) is 1. The van der Waals surface area contributed by atoms with Gasteiger partial charge in [-0.3, -0.25) is 0 Å². The molecule has 0 spiro atoms. The van der Waals surface area contributed by atoms with Crippen LogP contribution < -0.4 is 10.1 Å². The molecule has 1 atom stereocenters. The normalized spacial score (nSPS) is 12.3. The highest BCUT2D eigenvalue weighted by molar-refractivity contribution is 7.09. The summed E-state index contributed by atoms with van der Waals surface area (Å²) >= 11 is 1.71. The van der Waals surface area contributed by atoms with Crippen molar-refractivity contribution in [2.45, 2.75) is 19.4 Å². The van der Waals surface area contributed by atoms with Gasteiger partial charge in [-0.15, -0.1) is 11.3 Å². The average Bonchev–Trinajstić information content (AvgIpc) is 2.93. The lowest BCUT2D eigenvalue weighted by Crippen LogP contribution is -2.19. The van der Waals surface area contributed by atoms with Crippen molar-refractivity contribution in [1.29, 1.82) is 0 Å². The van der Waals surface area contributed by atoms with E-state index in [1.54, 1.807) is 18.4 Å². The number of nitrogens with zero attached hydrogens (tertiary/aromatic N) is 1. The van der Waals surface area contributed by atoms with Gasteiger partial charge in [0, 0.05) is 36.1 Å². The van der Waals surface area contributed by atoms with Crippen molar-refractivity contribution in [1.82, 2.24) is 10.3 Å². The van der Waals surface area contributed by atoms with Gasteiger partial charge in [-0.05, 0) is 6.07 Å². The molecule has 0 saturated heterocycles. The number of para-hydroxylation sites is 1. The van der Waals surface area contributed by atoms with Crippen LogP contribution in [0.15, 0.2) is 35.8 Å². The minimum atomic E-state index is 0.444. The first-order valence-electron chi connectivity index (χ1n) is 6.03. The third-order valence-corrected chi connectivity index (χ3v) is 3.84. The Kier molecular flexibility index (Phi) is 4.73. The van der Waals surface area contributed by atoms with Gasteiger partial charge in [0.25, 0.3) is 0 Å². The molecule has 0 radical (unpaired) electrons. The lowest BCUT2D eigenvalue weighted by atomic mass is 10.1. The zero-order valence-electron chi connectivity index (χ0n) is 10.7. The topological polar surface area (TPSA) is 34.1 Å². The molecule has 0 aliphatic rings. The van der Waals surface area contributed by atoms with Crippen molar-refractivity contribution in [3.8, 4) is 5.75 Å². The lowest BCUT2D eigenvalue weighted by Gasteiger charge is -2.12. The minimum absolute atomic E-state index is 0.444. The highest BCUT2D eigenvalue weighted by Crippen LogP contribution is 2.19. The van der Waals surface area contributed by atoms with E-state index in [2.05, 4.69) is 23.3 Å². The van der Waals surface area contributed by atoms with Crippen molar-refractivity contribution in [2.24, 2.45) is 0 Å². The fourth-order valence-corrected chi connectivity index (χ4v) is 2.54. The summed E-state index contributed by atoms with van der Waals surface area (Å²) in [6, 6.07) is 8.09. The van der Waals surface area contributed by atoms with E-state index < -0.39 is 0 Å². The maximum Gasteiger partial charge on any atom is 0.123 e. The Balaban J connectivity index is 1.85. The number of ether oxygens (including phenoxy) is 1. The third-order valence-electron chi connectivity index (χ3n) is 2.83. The molecular weight excluding hydrogens is 244 g/mol. The Morgan fingerprint density at radius 1 is 1.39 bits per heavy atom. The van der Waals surface area contributed by atoms with Gasteiger partial charge in [0.05, 0.1) is 12.1 Å². The van der Waals surface area contributed by atoms with Crippen LogP contribution in [-0.2, 0) is 6.54 Å². The average molecular weight is 262 g/mol. The molecule has 0 aliphatic heterocycles. The molecule has 2 rings (SSSR count). The third kappa shape index (κ3) is 3.31. The Morgan fingerprint density at radius 2 is 2.22 bits per heavy atom. The highest BCUT2D eigenvalue weighted by Gasteiger charge is 2.08. The molecule has 1 heterocycles. The molecule has 2 aromatic rings. The van der Waals surface area contributed by atoms with Gasteiger partial charge in [-0.1, -0.05) is 25.1 Å². The first-order valence-corrected chi connectivity index (χ1v) is 6.91. The molecule has 1 unspecified atom stereocenters. The molecule has 4 heteroatoms. The lowest BCUT2D eigenvalue weighted by molar-refractivity contribution is 0.407. The van der Waals surface area contributed by atoms with E-state index in [0.717, 1.165) is 18.8 Å². The van der Waals surface area contributed by atoms with Crippen LogP contribution in [-0.4, -0.2) is 18.6 Å². The zero-order valence-corrected chi connectivity index (χ0v) is 11.5. The van der Waals surface area contributed by atoms with Crippen LogP contribution >= 0.6 is 11.3 Å². The standard InChI is InChI=1S/C14H18N2OS/c1-11(14-16-7-8-18-14)9-15-10-12-5-3-4-6-13(12)17-2/h3-8,11,15H,9-10H2,1-2H3. The molecule has 0 fully saturated rings. The summed E-state index contributed by atoms with van der Waals surface area (Å²) in [7, 11) is 1.71. The van der Waals surface area contributed by atoms with E-state index in [1.165, 1.54) is 10.6 Å². The molecule has 1 aromatic heterocycles. The quantitative estimate of drug-likeness (QED) is 0.869. The summed E-state index contributed by atoms with van der Waals surface area (Å²) in [6.07, 6.45) is 1.86. The zero-order chi connectivity index (χ0) is 12.8. The number of aromatic nitrogens is 1. The van der Waals surface area contributed by atoms with Gasteiger partial charge >= 0.3 is 0 Å². The summed E-state index contributed by atoms with van der Waals surface area (Å²) < 4.78 is 5.32. The van der Waals surface area contributed by atoms with Crippen LogP contribution in [0.1, 0.15) is 23.4 Å². The second-order valence-electron chi connectivity index (χ2n) is 4.21. The Morgan fingerprint density at radius 3 is 2.94 bits per heavy atom. The number of nitrogens with one attached hydrogen (secondary N) is 1. The van der Waals surface area contributed by atoms with Crippen molar-refractivity contribution in [2.75, 3.05) is 13.7 Å². The van der Waals surface area contributed by atoms with E-state index >= 15 is 0 Å². The predicted molar refractivity (Wildman–Crippen MR) is 75.2 cm³/mol.